The highest BCUT2D eigenvalue weighted by Gasteiger charge is 2.13. The average molecular weight is 192 g/mol. The van der Waals surface area contributed by atoms with E-state index in [4.69, 9.17) is 4.74 Å². The van der Waals surface area contributed by atoms with Crippen molar-refractivity contribution in [2.24, 2.45) is 5.92 Å². The molecule has 1 aliphatic heterocycles. The van der Waals surface area contributed by atoms with E-state index in [-0.39, 0.29) is 0 Å². The highest BCUT2D eigenvalue weighted by atomic mass is 16.5. The molecule has 1 heterocycles. The lowest BCUT2D eigenvalue weighted by Gasteiger charge is -2.19. The molecule has 1 aliphatic carbocycles. The van der Waals surface area contributed by atoms with E-state index in [1.165, 1.54) is 12.0 Å². The van der Waals surface area contributed by atoms with Gasteiger partial charge in [0.1, 0.15) is 5.76 Å². The van der Waals surface area contributed by atoms with E-state index < -0.39 is 0 Å². The van der Waals surface area contributed by atoms with Crippen LogP contribution in [-0.4, -0.2) is 6.61 Å². The molecule has 0 spiro atoms. The predicted octanol–water partition coefficient (Wildman–Crippen LogP) is 3.84. The second kappa shape index (κ2) is 5.69. The predicted molar refractivity (Wildman–Crippen MR) is 61.0 cm³/mol. The molecule has 0 bridgehead atoms. The van der Waals surface area contributed by atoms with Crippen molar-refractivity contribution in [3.05, 3.63) is 35.6 Å². The van der Waals surface area contributed by atoms with Crippen molar-refractivity contribution in [1.29, 1.82) is 0 Å². The van der Waals surface area contributed by atoms with Crippen molar-refractivity contribution in [1.82, 2.24) is 0 Å². The van der Waals surface area contributed by atoms with Gasteiger partial charge in [0, 0.05) is 0 Å². The molecule has 78 valence electrons. The van der Waals surface area contributed by atoms with Gasteiger partial charge in [0.2, 0.25) is 0 Å². The van der Waals surface area contributed by atoms with E-state index in [0.717, 1.165) is 18.8 Å². The number of allylic oxidation sites excluding steroid dienone is 5. The molecule has 0 aromatic carbocycles. The lowest BCUT2D eigenvalue weighted by molar-refractivity contribution is 0.192. The Kier molecular flexibility index (Phi) is 4.51. The maximum atomic E-state index is 5.59. The second-order valence-electron chi connectivity index (χ2n) is 3.42. The van der Waals surface area contributed by atoms with E-state index in [2.05, 4.69) is 31.2 Å². The van der Waals surface area contributed by atoms with Crippen LogP contribution in [0.2, 0.25) is 0 Å². The number of ether oxygens (including phenoxy) is 1. The molecule has 0 aromatic heterocycles. The van der Waals surface area contributed by atoms with Crippen molar-refractivity contribution >= 4 is 0 Å². The van der Waals surface area contributed by atoms with Gasteiger partial charge < -0.3 is 4.74 Å². The first-order chi connectivity index (χ1) is 6.86. The van der Waals surface area contributed by atoms with Gasteiger partial charge in [-0.1, -0.05) is 39.0 Å². The van der Waals surface area contributed by atoms with Crippen LogP contribution in [0.4, 0.5) is 0 Å². The van der Waals surface area contributed by atoms with Crippen LogP contribution < -0.4 is 0 Å². The Morgan fingerprint density at radius 2 is 2.14 bits per heavy atom. The van der Waals surface area contributed by atoms with Crippen LogP contribution in [-0.2, 0) is 4.74 Å². The normalized spacial score (nSPS) is 24.4. The standard InChI is InChI=1S/C11H14O.C2H6/c1-9-4-2-5-10-6-3-7-12-11(10)8-9;1-2/h2,4-5,8-9H,3,6-7H2,1H3;1-2H3. The summed E-state index contributed by atoms with van der Waals surface area (Å²) in [5.41, 5.74) is 1.36. The fraction of sp³-hybridized carbons (Fsp3) is 0.538. The van der Waals surface area contributed by atoms with E-state index in [0.29, 0.717) is 5.92 Å². The monoisotopic (exact) mass is 192 g/mol. The molecule has 1 fully saturated rings. The third-order valence-electron chi connectivity index (χ3n) is 2.29. The molecule has 0 N–H and O–H groups in total. The first-order valence-electron chi connectivity index (χ1n) is 5.58. The van der Waals surface area contributed by atoms with E-state index in [9.17, 15) is 0 Å². The van der Waals surface area contributed by atoms with Crippen molar-refractivity contribution < 1.29 is 4.74 Å². The molecule has 2 aliphatic rings. The Hall–Kier alpha value is -0.980. The van der Waals surface area contributed by atoms with Crippen molar-refractivity contribution in [3.8, 4) is 0 Å². The van der Waals surface area contributed by atoms with Crippen LogP contribution in [0.15, 0.2) is 35.6 Å². The van der Waals surface area contributed by atoms with Gasteiger partial charge in [0.05, 0.1) is 6.61 Å². The minimum absolute atomic E-state index is 0.506. The topological polar surface area (TPSA) is 9.23 Å². The molecule has 14 heavy (non-hydrogen) atoms. The van der Waals surface area contributed by atoms with Crippen molar-refractivity contribution in [2.75, 3.05) is 6.61 Å². The van der Waals surface area contributed by atoms with Crippen LogP contribution in [0.3, 0.4) is 0 Å². The summed E-state index contributed by atoms with van der Waals surface area (Å²) < 4.78 is 5.59. The average Bonchev–Trinajstić information content (AvgIpc) is 2.41. The third kappa shape index (κ3) is 2.76. The zero-order chi connectivity index (χ0) is 10.4. The molecular weight excluding hydrogens is 172 g/mol. The van der Waals surface area contributed by atoms with Crippen LogP contribution in [0, 0.1) is 5.92 Å². The van der Waals surface area contributed by atoms with Gasteiger partial charge in [-0.05, 0) is 30.4 Å². The Balaban J connectivity index is 0.000000461. The summed E-state index contributed by atoms with van der Waals surface area (Å²) in [5.74, 6) is 1.62. The van der Waals surface area contributed by atoms with Gasteiger partial charge in [-0.15, -0.1) is 0 Å². The molecular formula is C13H20O. The number of rotatable bonds is 0. The third-order valence-corrected chi connectivity index (χ3v) is 2.29. The SMILES string of the molecule is CC.CC1C=CC=C2CCCOC2=C1. The number of hydrogen-bond acceptors (Lipinski definition) is 1. The minimum Gasteiger partial charge on any atom is -0.494 e. The van der Waals surface area contributed by atoms with E-state index in [1.54, 1.807) is 0 Å². The summed E-state index contributed by atoms with van der Waals surface area (Å²) in [4.78, 5) is 0. The molecule has 1 unspecified atom stereocenters. The lowest BCUT2D eigenvalue weighted by atomic mass is 10.0. The zero-order valence-corrected chi connectivity index (χ0v) is 9.42. The van der Waals surface area contributed by atoms with E-state index >= 15 is 0 Å². The first-order valence-corrected chi connectivity index (χ1v) is 5.58. The van der Waals surface area contributed by atoms with Crippen molar-refractivity contribution in [3.63, 3.8) is 0 Å². The Bertz CT molecular complexity index is 258. The minimum atomic E-state index is 0.506. The van der Waals surface area contributed by atoms with Gasteiger partial charge in [-0.2, -0.15) is 0 Å². The molecule has 1 atom stereocenters. The fourth-order valence-electron chi connectivity index (χ4n) is 1.62. The van der Waals surface area contributed by atoms with Gasteiger partial charge >= 0.3 is 0 Å². The summed E-state index contributed by atoms with van der Waals surface area (Å²) in [6.07, 6.45) is 11.0. The molecule has 1 heteroatoms. The Labute approximate surface area is 87.2 Å². The molecule has 0 saturated carbocycles. The number of hydrogen-bond donors (Lipinski definition) is 0. The maximum Gasteiger partial charge on any atom is 0.119 e. The summed E-state index contributed by atoms with van der Waals surface area (Å²) in [6, 6.07) is 0. The lowest BCUT2D eigenvalue weighted by Crippen LogP contribution is -2.06. The Morgan fingerprint density at radius 1 is 1.36 bits per heavy atom. The maximum absolute atomic E-state index is 5.59. The molecule has 0 amide bonds. The fourth-order valence-corrected chi connectivity index (χ4v) is 1.62. The summed E-state index contributed by atoms with van der Waals surface area (Å²) in [7, 11) is 0. The highest BCUT2D eigenvalue weighted by Crippen LogP contribution is 2.26. The van der Waals surface area contributed by atoms with Gasteiger partial charge in [-0.25, -0.2) is 0 Å². The number of fused-ring (bicyclic) bond motifs is 1. The summed E-state index contributed by atoms with van der Waals surface area (Å²) >= 11 is 0. The van der Waals surface area contributed by atoms with Crippen LogP contribution in [0.25, 0.3) is 0 Å². The zero-order valence-electron chi connectivity index (χ0n) is 9.42. The van der Waals surface area contributed by atoms with Gasteiger partial charge in [0.15, 0.2) is 0 Å². The summed E-state index contributed by atoms with van der Waals surface area (Å²) in [5, 5.41) is 0. The molecule has 2 rings (SSSR count). The second-order valence-corrected chi connectivity index (χ2v) is 3.42. The first kappa shape index (κ1) is 11.1. The largest absolute Gasteiger partial charge is 0.494 e. The van der Waals surface area contributed by atoms with Crippen molar-refractivity contribution in [2.45, 2.75) is 33.6 Å². The van der Waals surface area contributed by atoms with E-state index in [1.807, 2.05) is 13.8 Å². The van der Waals surface area contributed by atoms with Crippen LogP contribution >= 0.6 is 0 Å². The van der Waals surface area contributed by atoms with Crippen LogP contribution in [0.1, 0.15) is 33.6 Å². The van der Waals surface area contributed by atoms with Crippen LogP contribution in [0.5, 0.6) is 0 Å². The summed E-state index contributed by atoms with van der Waals surface area (Å²) in [6.45, 7) is 7.06. The Morgan fingerprint density at radius 3 is 2.93 bits per heavy atom. The molecule has 0 aromatic rings. The highest BCUT2D eigenvalue weighted by molar-refractivity contribution is 5.34. The van der Waals surface area contributed by atoms with Gasteiger partial charge in [-0.3, -0.25) is 0 Å². The quantitative estimate of drug-likeness (QED) is 0.566. The smallest absolute Gasteiger partial charge is 0.119 e. The van der Waals surface area contributed by atoms with Gasteiger partial charge in [0.25, 0.3) is 0 Å². The molecule has 0 radical (unpaired) electrons. The molecule has 1 saturated heterocycles. The molecule has 1 nitrogen and oxygen atoms in total.